The Morgan fingerprint density at radius 2 is 2.29 bits per heavy atom. The van der Waals surface area contributed by atoms with Crippen molar-refractivity contribution < 1.29 is 4.79 Å². The maximum atomic E-state index is 11.6. The first-order valence-electron chi connectivity index (χ1n) is 6.77. The maximum Gasteiger partial charge on any atom is 0.225 e. The van der Waals surface area contributed by atoms with Crippen molar-refractivity contribution >= 4 is 23.2 Å². The number of amides is 1. The molecule has 110 valence electrons. The summed E-state index contributed by atoms with van der Waals surface area (Å²) >= 11 is 6.23. The number of nitrogens with zero attached hydrogens (tertiary/aromatic N) is 4. The van der Waals surface area contributed by atoms with E-state index >= 15 is 0 Å². The molecule has 0 spiro atoms. The Balaban J connectivity index is 1.90. The summed E-state index contributed by atoms with van der Waals surface area (Å²) in [6.07, 6.45) is 2.45. The van der Waals surface area contributed by atoms with Crippen LogP contribution in [0.2, 0.25) is 5.02 Å². The van der Waals surface area contributed by atoms with Crippen molar-refractivity contribution in [3.05, 3.63) is 29.0 Å². The van der Waals surface area contributed by atoms with E-state index in [2.05, 4.69) is 20.8 Å². The van der Waals surface area contributed by atoms with E-state index in [1.54, 1.807) is 22.9 Å². The number of rotatable bonds is 5. The second kappa shape index (κ2) is 5.79. The molecule has 1 amide bonds. The highest BCUT2D eigenvalue weighted by Gasteiger charge is 2.30. The van der Waals surface area contributed by atoms with Crippen LogP contribution >= 0.6 is 11.6 Å². The number of anilines is 1. The molecule has 1 fully saturated rings. The fraction of sp³-hybridized carbons (Fsp3) is 0.385. The van der Waals surface area contributed by atoms with Gasteiger partial charge in [0.1, 0.15) is 0 Å². The Labute approximate surface area is 126 Å². The predicted octanol–water partition coefficient (Wildman–Crippen LogP) is 1.48. The van der Waals surface area contributed by atoms with Crippen LogP contribution < -0.4 is 11.1 Å². The van der Waals surface area contributed by atoms with Crippen molar-refractivity contribution in [3.8, 4) is 5.69 Å². The number of carbonyl (C=O) groups is 1. The third-order valence-corrected chi connectivity index (χ3v) is 3.59. The van der Waals surface area contributed by atoms with Crippen LogP contribution in [-0.2, 0) is 4.79 Å². The molecule has 0 aliphatic heterocycles. The van der Waals surface area contributed by atoms with Crippen molar-refractivity contribution in [3.63, 3.8) is 0 Å². The fourth-order valence-corrected chi connectivity index (χ4v) is 2.27. The molecule has 0 saturated heterocycles. The molecule has 1 aromatic heterocycles. The van der Waals surface area contributed by atoms with Crippen LogP contribution in [-0.4, -0.2) is 32.7 Å². The Morgan fingerprint density at radius 3 is 3.00 bits per heavy atom. The summed E-state index contributed by atoms with van der Waals surface area (Å²) in [4.78, 5) is 11.6. The maximum absolute atomic E-state index is 11.6. The van der Waals surface area contributed by atoms with Gasteiger partial charge in [-0.15, -0.1) is 5.10 Å². The number of nitrogens with one attached hydrogen (secondary N) is 1. The van der Waals surface area contributed by atoms with E-state index in [0.29, 0.717) is 28.9 Å². The first-order valence-corrected chi connectivity index (χ1v) is 7.15. The van der Waals surface area contributed by atoms with Gasteiger partial charge in [-0.3, -0.25) is 4.79 Å². The fourth-order valence-electron chi connectivity index (χ4n) is 2.07. The number of nitrogens with two attached hydrogens (primary N) is 1. The van der Waals surface area contributed by atoms with Gasteiger partial charge in [-0.1, -0.05) is 11.6 Å². The summed E-state index contributed by atoms with van der Waals surface area (Å²) in [6, 6.07) is 5.22. The Kier molecular flexibility index (Phi) is 3.85. The van der Waals surface area contributed by atoms with E-state index in [0.717, 1.165) is 18.7 Å². The van der Waals surface area contributed by atoms with Crippen LogP contribution in [0.4, 0.5) is 5.69 Å². The molecule has 1 aliphatic carbocycles. The minimum absolute atomic E-state index is 0.134. The molecular weight excluding hydrogens is 292 g/mol. The number of hydrogen-bond acceptors (Lipinski definition) is 5. The lowest BCUT2D eigenvalue weighted by atomic mass is 10.2. The molecule has 3 rings (SSSR count). The highest BCUT2D eigenvalue weighted by Crippen LogP contribution is 2.39. The SMILES string of the molecule is NCCC(=O)Nc1ccc(Cl)c(-n2nnnc2C2CC2)c1. The topological polar surface area (TPSA) is 98.7 Å². The number of carbonyl (C=O) groups excluding carboxylic acids is 1. The van der Waals surface area contributed by atoms with Gasteiger partial charge in [0.05, 0.1) is 10.7 Å². The van der Waals surface area contributed by atoms with Crippen LogP contribution in [0.1, 0.15) is 31.0 Å². The quantitative estimate of drug-likeness (QED) is 0.871. The summed E-state index contributed by atoms with van der Waals surface area (Å²) in [5.74, 6) is 1.07. The highest BCUT2D eigenvalue weighted by molar-refractivity contribution is 6.32. The summed E-state index contributed by atoms with van der Waals surface area (Å²) in [6.45, 7) is 0.311. The molecule has 1 aromatic carbocycles. The summed E-state index contributed by atoms with van der Waals surface area (Å²) < 4.78 is 1.64. The average molecular weight is 307 g/mol. The second-order valence-corrected chi connectivity index (χ2v) is 5.38. The zero-order chi connectivity index (χ0) is 14.8. The number of aromatic nitrogens is 4. The van der Waals surface area contributed by atoms with Gasteiger partial charge in [0.25, 0.3) is 0 Å². The molecule has 8 heteroatoms. The van der Waals surface area contributed by atoms with E-state index in [-0.39, 0.29) is 12.3 Å². The predicted molar refractivity (Wildman–Crippen MR) is 78.4 cm³/mol. The van der Waals surface area contributed by atoms with Gasteiger partial charge in [0.2, 0.25) is 5.91 Å². The van der Waals surface area contributed by atoms with Gasteiger partial charge < -0.3 is 11.1 Å². The van der Waals surface area contributed by atoms with E-state index < -0.39 is 0 Å². The summed E-state index contributed by atoms with van der Waals surface area (Å²) in [5.41, 5.74) is 6.67. The third-order valence-electron chi connectivity index (χ3n) is 3.27. The molecule has 21 heavy (non-hydrogen) atoms. The normalized spacial score (nSPS) is 14.2. The molecule has 3 N–H and O–H groups in total. The van der Waals surface area contributed by atoms with E-state index in [9.17, 15) is 4.79 Å². The molecule has 0 radical (unpaired) electrons. The Hall–Kier alpha value is -1.99. The molecule has 0 bridgehead atoms. The number of benzene rings is 1. The molecule has 7 nitrogen and oxygen atoms in total. The molecule has 0 atom stereocenters. The van der Waals surface area contributed by atoms with Gasteiger partial charge in [0, 0.05) is 24.6 Å². The molecule has 2 aromatic rings. The zero-order valence-electron chi connectivity index (χ0n) is 11.3. The number of tetrazole rings is 1. The minimum atomic E-state index is -0.134. The van der Waals surface area contributed by atoms with E-state index in [1.165, 1.54) is 0 Å². The van der Waals surface area contributed by atoms with E-state index in [4.69, 9.17) is 17.3 Å². The summed E-state index contributed by atoms with van der Waals surface area (Å²) in [5, 5.41) is 15.1. The highest BCUT2D eigenvalue weighted by atomic mass is 35.5. The van der Waals surface area contributed by atoms with Crippen molar-refractivity contribution in [1.29, 1.82) is 0 Å². The van der Waals surface area contributed by atoms with Gasteiger partial charge in [0.15, 0.2) is 5.82 Å². The van der Waals surface area contributed by atoms with Crippen molar-refractivity contribution in [2.24, 2.45) is 5.73 Å². The molecular formula is C13H15ClN6O. The van der Waals surface area contributed by atoms with E-state index in [1.807, 2.05) is 0 Å². The molecule has 1 aliphatic rings. The average Bonchev–Trinajstić information content (AvgIpc) is 3.19. The van der Waals surface area contributed by atoms with Crippen molar-refractivity contribution in [2.45, 2.75) is 25.2 Å². The lowest BCUT2D eigenvalue weighted by molar-refractivity contribution is -0.116. The van der Waals surface area contributed by atoms with Crippen LogP contribution in [0, 0.1) is 0 Å². The first kappa shape index (κ1) is 14.0. The summed E-state index contributed by atoms with van der Waals surface area (Å²) in [7, 11) is 0. The van der Waals surface area contributed by atoms with Crippen LogP contribution in [0.15, 0.2) is 18.2 Å². The lowest BCUT2D eigenvalue weighted by Gasteiger charge is -2.10. The minimum Gasteiger partial charge on any atom is -0.330 e. The van der Waals surface area contributed by atoms with Crippen molar-refractivity contribution in [2.75, 3.05) is 11.9 Å². The zero-order valence-corrected chi connectivity index (χ0v) is 12.0. The second-order valence-electron chi connectivity index (χ2n) is 4.98. The lowest BCUT2D eigenvalue weighted by Crippen LogP contribution is -2.16. The van der Waals surface area contributed by atoms with Gasteiger partial charge >= 0.3 is 0 Å². The monoisotopic (exact) mass is 306 g/mol. The Bertz CT molecular complexity index is 666. The molecule has 0 unspecified atom stereocenters. The van der Waals surface area contributed by atoms with Crippen LogP contribution in [0.3, 0.4) is 0 Å². The third kappa shape index (κ3) is 3.03. The standard InChI is InChI=1S/C13H15ClN6O/c14-10-4-3-9(16-12(21)5-6-15)7-11(10)20-13(8-1-2-8)17-18-19-20/h3-4,7-8H,1-2,5-6,15H2,(H,16,21). The first-order chi connectivity index (χ1) is 10.2. The van der Waals surface area contributed by atoms with Gasteiger partial charge in [-0.05, 0) is 41.5 Å². The van der Waals surface area contributed by atoms with Gasteiger partial charge in [-0.2, -0.15) is 4.68 Å². The number of halogens is 1. The molecule has 1 saturated carbocycles. The smallest absolute Gasteiger partial charge is 0.225 e. The molecule has 1 heterocycles. The van der Waals surface area contributed by atoms with Crippen LogP contribution in [0.25, 0.3) is 5.69 Å². The van der Waals surface area contributed by atoms with Crippen molar-refractivity contribution in [1.82, 2.24) is 20.2 Å². The largest absolute Gasteiger partial charge is 0.330 e. The van der Waals surface area contributed by atoms with Crippen LogP contribution in [0.5, 0.6) is 0 Å². The Morgan fingerprint density at radius 1 is 1.48 bits per heavy atom. The number of hydrogen-bond donors (Lipinski definition) is 2. The van der Waals surface area contributed by atoms with Gasteiger partial charge in [-0.25, -0.2) is 0 Å².